The molecule has 11 nitrogen and oxygen atoms in total. The van der Waals surface area contributed by atoms with Crippen molar-refractivity contribution in [3.05, 3.63) is 54.9 Å². The molecule has 0 radical (unpaired) electrons. The summed E-state index contributed by atoms with van der Waals surface area (Å²) in [6.45, 7) is 8.27. The minimum Gasteiger partial charge on any atom is -0.378 e. The standard InChI is InChI=1S/C31H38FN7O4S/c1-5-30(40)38-14-20(15-38)22-6-7-26(39-16-21(19(39)2)18-44(4,41)42)24-13-34-29(12-23(22)24)35-28-8-10-33-31(36-28)37-11-9-27(43-3)25(32)17-37/h5-8,10,12-13,19-21,25,27H,1,9,11,14-18H2,2-4H3,(H,33,34,35,36)/t19-,21-,25-,27+/m1/s1. The van der Waals surface area contributed by atoms with E-state index in [0.29, 0.717) is 50.2 Å². The molecule has 0 bridgehead atoms. The van der Waals surface area contributed by atoms with Gasteiger partial charge in [-0.2, -0.15) is 4.98 Å². The summed E-state index contributed by atoms with van der Waals surface area (Å²) >= 11 is 0. The Balaban J connectivity index is 1.28. The fourth-order valence-corrected chi connectivity index (χ4v) is 7.69. The third-order valence-corrected chi connectivity index (χ3v) is 10.2. The van der Waals surface area contributed by atoms with Gasteiger partial charge in [0.05, 0.1) is 18.4 Å². The minimum atomic E-state index is -3.07. The van der Waals surface area contributed by atoms with E-state index in [1.807, 2.05) is 17.2 Å². The van der Waals surface area contributed by atoms with Crippen LogP contribution in [0.2, 0.25) is 0 Å². The Labute approximate surface area is 257 Å². The molecule has 1 amide bonds. The summed E-state index contributed by atoms with van der Waals surface area (Å²) in [7, 11) is -1.54. The van der Waals surface area contributed by atoms with E-state index in [1.165, 1.54) is 19.4 Å². The van der Waals surface area contributed by atoms with Crippen LogP contribution in [0.15, 0.2) is 49.3 Å². The largest absolute Gasteiger partial charge is 0.378 e. The van der Waals surface area contributed by atoms with Crippen molar-refractivity contribution in [2.75, 3.05) is 67.0 Å². The Bertz CT molecular complexity index is 1680. The lowest BCUT2D eigenvalue weighted by Gasteiger charge is -2.48. The maximum atomic E-state index is 14.5. The zero-order chi connectivity index (χ0) is 31.2. The minimum absolute atomic E-state index is 0.0679. The predicted octanol–water partition coefficient (Wildman–Crippen LogP) is 3.31. The molecule has 6 rings (SSSR count). The number of anilines is 4. The number of methoxy groups -OCH3 is 1. The van der Waals surface area contributed by atoms with Crippen LogP contribution < -0.4 is 15.1 Å². The lowest BCUT2D eigenvalue weighted by atomic mass is 9.85. The highest BCUT2D eigenvalue weighted by Crippen LogP contribution is 2.41. The number of alkyl halides is 1. The molecule has 3 fully saturated rings. The molecule has 0 saturated carbocycles. The van der Waals surface area contributed by atoms with Gasteiger partial charge in [0.15, 0.2) is 0 Å². The number of sulfone groups is 1. The molecule has 1 aromatic carbocycles. The Morgan fingerprint density at radius 3 is 2.64 bits per heavy atom. The molecule has 1 N–H and O–H groups in total. The number of fused-ring (bicyclic) bond motifs is 1. The summed E-state index contributed by atoms with van der Waals surface area (Å²) in [5.41, 5.74) is 2.12. The predicted molar refractivity (Wildman–Crippen MR) is 169 cm³/mol. The van der Waals surface area contributed by atoms with Gasteiger partial charge in [0.25, 0.3) is 0 Å². The number of piperidine rings is 1. The average Bonchev–Trinajstić information content (AvgIpc) is 2.98. The molecule has 0 unspecified atom stereocenters. The molecule has 0 aliphatic carbocycles. The highest BCUT2D eigenvalue weighted by atomic mass is 32.2. The van der Waals surface area contributed by atoms with Crippen molar-refractivity contribution < 1.29 is 22.3 Å². The first-order chi connectivity index (χ1) is 21.0. The summed E-state index contributed by atoms with van der Waals surface area (Å²) < 4.78 is 43.6. The third kappa shape index (κ3) is 5.94. The lowest BCUT2D eigenvalue weighted by molar-refractivity contribution is -0.130. The number of nitrogens with zero attached hydrogens (tertiary/aromatic N) is 6. The number of hydrogen-bond donors (Lipinski definition) is 1. The van der Waals surface area contributed by atoms with Crippen LogP contribution in [0.4, 0.5) is 27.7 Å². The van der Waals surface area contributed by atoms with Gasteiger partial charge < -0.3 is 24.8 Å². The third-order valence-electron chi connectivity index (χ3n) is 9.12. The number of aromatic nitrogens is 3. The van der Waals surface area contributed by atoms with Gasteiger partial charge in [0.1, 0.15) is 27.6 Å². The van der Waals surface area contributed by atoms with Crippen LogP contribution in [-0.2, 0) is 19.4 Å². The van der Waals surface area contributed by atoms with Crippen molar-refractivity contribution in [1.82, 2.24) is 19.9 Å². The van der Waals surface area contributed by atoms with Crippen LogP contribution in [0.5, 0.6) is 0 Å². The topological polar surface area (TPSA) is 121 Å². The molecule has 234 valence electrons. The fourth-order valence-electron chi connectivity index (χ4n) is 6.52. The number of rotatable bonds is 9. The Hall–Kier alpha value is -3.84. The van der Waals surface area contributed by atoms with E-state index in [-0.39, 0.29) is 36.1 Å². The van der Waals surface area contributed by atoms with E-state index in [2.05, 4.69) is 45.8 Å². The van der Waals surface area contributed by atoms with Crippen LogP contribution in [-0.4, -0.2) is 104 Å². The first kappa shape index (κ1) is 30.2. The van der Waals surface area contributed by atoms with E-state index < -0.39 is 22.1 Å². The Kier molecular flexibility index (Phi) is 8.18. The molecule has 3 aliphatic rings. The molecule has 4 atom stereocenters. The number of nitrogens with one attached hydrogen (secondary N) is 1. The number of carbonyl (C=O) groups is 1. The van der Waals surface area contributed by atoms with Crippen LogP contribution in [0.25, 0.3) is 10.8 Å². The van der Waals surface area contributed by atoms with Crippen molar-refractivity contribution >= 4 is 49.8 Å². The van der Waals surface area contributed by atoms with Crippen LogP contribution >= 0.6 is 0 Å². The first-order valence-corrected chi connectivity index (χ1v) is 16.9. The number of amides is 1. The van der Waals surface area contributed by atoms with Gasteiger partial charge >= 0.3 is 0 Å². The highest BCUT2D eigenvalue weighted by molar-refractivity contribution is 7.90. The Morgan fingerprint density at radius 1 is 1.16 bits per heavy atom. The molecular weight excluding hydrogens is 585 g/mol. The highest BCUT2D eigenvalue weighted by Gasteiger charge is 2.39. The summed E-state index contributed by atoms with van der Waals surface area (Å²) in [6, 6.07) is 8.00. The molecule has 2 aromatic heterocycles. The van der Waals surface area contributed by atoms with Gasteiger partial charge in [-0.05, 0) is 48.6 Å². The molecule has 3 aliphatic heterocycles. The first-order valence-electron chi connectivity index (χ1n) is 14.8. The number of likely N-dealkylation sites (tertiary alicyclic amines) is 1. The maximum Gasteiger partial charge on any atom is 0.245 e. The van der Waals surface area contributed by atoms with Gasteiger partial charge in [-0.3, -0.25) is 4.79 Å². The van der Waals surface area contributed by atoms with Crippen molar-refractivity contribution in [3.63, 3.8) is 0 Å². The fraction of sp³-hybridized carbons (Fsp3) is 0.484. The van der Waals surface area contributed by atoms with E-state index in [0.717, 1.165) is 22.0 Å². The van der Waals surface area contributed by atoms with Crippen molar-refractivity contribution in [1.29, 1.82) is 0 Å². The van der Waals surface area contributed by atoms with Crippen molar-refractivity contribution in [3.8, 4) is 0 Å². The molecule has 3 aromatic rings. The van der Waals surface area contributed by atoms with Gasteiger partial charge in [-0.15, -0.1) is 0 Å². The second kappa shape index (κ2) is 11.9. The van der Waals surface area contributed by atoms with Crippen LogP contribution in [0.1, 0.15) is 24.8 Å². The number of ether oxygens (including phenoxy) is 1. The van der Waals surface area contributed by atoms with Gasteiger partial charge in [-0.1, -0.05) is 12.6 Å². The van der Waals surface area contributed by atoms with Gasteiger partial charge in [0.2, 0.25) is 11.9 Å². The normalized spacial score (nSPS) is 24.1. The van der Waals surface area contributed by atoms with E-state index in [1.54, 1.807) is 17.2 Å². The van der Waals surface area contributed by atoms with E-state index >= 15 is 0 Å². The molecule has 5 heterocycles. The lowest BCUT2D eigenvalue weighted by Crippen LogP contribution is -2.57. The van der Waals surface area contributed by atoms with Crippen molar-refractivity contribution in [2.24, 2.45) is 5.92 Å². The smallest absolute Gasteiger partial charge is 0.245 e. The van der Waals surface area contributed by atoms with Gasteiger partial charge in [0, 0.05) is 80.9 Å². The average molecular weight is 624 g/mol. The summed E-state index contributed by atoms with van der Waals surface area (Å²) in [5.74, 6) is 1.88. The number of benzene rings is 1. The zero-order valence-electron chi connectivity index (χ0n) is 25.2. The van der Waals surface area contributed by atoms with Crippen molar-refractivity contribution in [2.45, 2.75) is 37.6 Å². The number of carbonyl (C=O) groups excluding carboxylic acids is 1. The number of halogens is 1. The van der Waals surface area contributed by atoms with E-state index in [4.69, 9.17) is 9.72 Å². The quantitative estimate of drug-likeness (QED) is 0.356. The second-order valence-corrected chi connectivity index (χ2v) is 14.3. The van der Waals surface area contributed by atoms with Crippen LogP contribution in [0, 0.1) is 5.92 Å². The molecule has 44 heavy (non-hydrogen) atoms. The Morgan fingerprint density at radius 2 is 1.95 bits per heavy atom. The second-order valence-electron chi connectivity index (χ2n) is 12.1. The molecule has 3 saturated heterocycles. The number of pyridine rings is 1. The van der Waals surface area contributed by atoms with E-state index in [9.17, 15) is 17.6 Å². The maximum absolute atomic E-state index is 14.5. The number of hydrogen-bond acceptors (Lipinski definition) is 10. The molecule has 0 spiro atoms. The van der Waals surface area contributed by atoms with Gasteiger partial charge in [-0.25, -0.2) is 22.8 Å². The zero-order valence-corrected chi connectivity index (χ0v) is 26.0. The monoisotopic (exact) mass is 623 g/mol. The molecular formula is C31H38FN7O4S. The SMILES string of the molecule is C=CC(=O)N1CC(c2ccc(N3C[C@H](CS(C)(=O)=O)[C@H]3C)c3cnc(Nc4ccnc(N5CC[C@H](OC)[C@H](F)C5)n4)cc23)C1. The summed E-state index contributed by atoms with van der Waals surface area (Å²) in [4.78, 5) is 31.7. The summed E-state index contributed by atoms with van der Waals surface area (Å²) in [6.07, 6.45) is 5.11. The summed E-state index contributed by atoms with van der Waals surface area (Å²) in [5, 5.41) is 5.27. The van der Waals surface area contributed by atoms with Crippen LogP contribution in [0.3, 0.4) is 0 Å². The molecule has 13 heteroatoms.